The molecule has 2 N–H and O–H groups in total. The first-order valence-corrected chi connectivity index (χ1v) is 19.5. The van der Waals surface area contributed by atoms with E-state index >= 15 is 0 Å². The van der Waals surface area contributed by atoms with Crippen molar-refractivity contribution in [2.24, 2.45) is 0 Å². The Hall–Kier alpha value is -2.58. The molecule has 0 spiro atoms. The first kappa shape index (κ1) is 35.9. The van der Waals surface area contributed by atoms with Crippen LogP contribution >= 0.6 is 0 Å². The van der Waals surface area contributed by atoms with Crippen LogP contribution in [0.3, 0.4) is 0 Å². The molecule has 2 aromatic rings. The molecule has 0 saturated heterocycles. The lowest BCUT2D eigenvalue weighted by Gasteiger charge is -2.29. The molecule has 44 heavy (non-hydrogen) atoms. The number of sulfonamides is 2. The van der Waals surface area contributed by atoms with E-state index in [2.05, 4.69) is 0 Å². The van der Waals surface area contributed by atoms with Gasteiger partial charge >= 0.3 is 0 Å². The van der Waals surface area contributed by atoms with Gasteiger partial charge in [0.2, 0.25) is 20.0 Å². The third kappa shape index (κ3) is 6.53. The summed E-state index contributed by atoms with van der Waals surface area (Å²) in [5.74, 6) is -1.86. The summed E-state index contributed by atoms with van der Waals surface area (Å²) in [4.78, 5) is 26.2. The fourth-order valence-electron chi connectivity index (χ4n) is 5.21. The molecule has 0 heterocycles. The van der Waals surface area contributed by atoms with Crippen molar-refractivity contribution >= 4 is 51.8 Å². The van der Waals surface area contributed by atoms with Gasteiger partial charge in [0.15, 0.2) is 22.3 Å². The van der Waals surface area contributed by atoms with Crippen molar-refractivity contribution in [2.75, 3.05) is 13.1 Å². The van der Waals surface area contributed by atoms with Gasteiger partial charge in [-0.1, -0.05) is 52.7 Å². The molecule has 3 rings (SSSR count). The zero-order chi connectivity index (χ0) is 33.4. The third-order valence-electron chi connectivity index (χ3n) is 7.20. The van der Waals surface area contributed by atoms with Gasteiger partial charge in [-0.25, -0.2) is 16.8 Å². The van der Waals surface area contributed by atoms with Gasteiger partial charge in [-0.2, -0.15) is 25.4 Å². The fraction of sp³-hybridized carbons (Fsp3) is 0.462. The maximum absolute atomic E-state index is 13.8. The van der Waals surface area contributed by atoms with Crippen LogP contribution in [0.1, 0.15) is 85.2 Å². The molecule has 2 atom stereocenters. The highest BCUT2D eigenvalue weighted by Crippen LogP contribution is 2.36. The van der Waals surface area contributed by atoms with E-state index in [0.29, 0.717) is 8.61 Å². The summed E-state index contributed by atoms with van der Waals surface area (Å²) in [6.45, 7) is 5.15. The molecule has 1 aliphatic carbocycles. The summed E-state index contributed by atoms with van der Waals surface area (Å²) < 4.78 is 124. The van der Waals surface area contributed by atoms with Crippen LogP contribution < -0.4 is 0 Å². The van der Waals surface area contributed by atoms with E-state index < -0.39 is 84.5 Å². The van der Waals surface area contributed by atoms with Crippen molar-refractivity contribution < 1.29 is 52.4 Å². The predicted molar refractivity (Wildman–Crippen MR) is 159 cm³/mol. The van der Waals surface area contributed by atoms with Gasteiger partial charge in [0.05, 0.1) is 15.4 Å². The minimum absolute atomic E-state index is 0.193. The maximum Gasteiger partial charge on any atom is 0.282 e. The van der Waals surface area contributed by atoms with Crippen molar-refractivity contribution in [2.45, 2.75) is 73.9 Å². The molecule has 2 aromatic carbocycles. The highest BCUT2D eigenvalue weighted by Gasteiger charge is 2.43. The Morgan fingerprint density at radius 3 is 1.59 bits per heavy atom. The van der Waals surface area contributed by atoms with Gasteiger partial charge in [0.1, 0.15) is 0 Å². The van der Waals surface area contributed by atoms with E-state index in [1.54, 1.807) is 13.8 Å². The average molecular weight is 695 g/mol. The van der Waals surface area contributed by atoms with E-state index in [-0.39, 0.29) is 48.9 Å². The van der Waals surface area contributed by atoms with Crippen molar-refractivity contribution in [1.82, 2.24) is 8.61 Å². The molecular weight excluding hydrogens is 661 g/mol. The Morgan fingerprint density at radius 2 is 1.14 bits per heavy atom. The maximum atomic E-state index is 13.8. The Kier molecular flexibility index (Phi) is 10.6. The molecule has 0 fully saturated rings. The van der Waals surface area contributed by atoms with Crippen LogP contribution in [-0.2, 0) is 40.3 Å². The molecule has 0 aromatic heterocycles. The molecule has 18 heteroatoms. The van der Waals surface area contributed by atoms with E-state index in [9.17, 15) is 52.4 Å². The molecular formula is C26H34N2O12S4. The predicted octanol–water partition coefficient (Wildman–Crippen LogP) is 2.51. The Morgan fingerprint density at radius 1 is 0.636 bits per heavy atom. The number of benzene rings is 2. The van der Waals surface area contributed by atoms with E-state index in [4.69, 9.17) is 0 Å². The average Bonchev–Trinajstić information content (AvgIpc) is 2.93. The number of carbonyl (C=O) groups is 2. The van der Waals surface area contributed by atoms with Crippen molar-refractivity contribution in [3.8, 4) is 0 Å². The Labute approximate surface area is 257 Å². The topological polar surface area (TPSA) is 218 Å². The summed E-state index contributed by atoms with van der Waals surface area (Å²) in [5.41, 5.74) is -1.66. The molecule has 0 amide bonds. The normalized spacial score (nSPS) is 15.7. The highest BCUT2D eigenvalue weighted by molar-refractivity contribution is 7.92. The van der Waals surface area contributed by atoms with Crippen LogP contribution in [0.15, 0.2) is 46.2 Å². The SMILES string of the molecule is CCCC(N(CC)S(=O)(=O)c1ccc2c(c1)C(=O)c1cccc(S(=O)(=O)N(CC)C(CCC)S(=O)(=O)O)c1C2=O)S(=O)(=O)O. The Bertz CT molecular complexity index is 1900. The zero-order valence-corrected chi connectivity index (χ0v) is 27.6. The van der Waals surface area contributed by atoms with Gasteiger partial charge in [0.25, 0.3) is 20.2 Å². The lowest BCUT2D eigenvalue weighted by Crippen LogP contribution is -2.45. The molecule has 244 valence electrons. The zero-order valence-electron chi connectivity index (χ0n) is 24.4. The smallest absolute Gasteiger partial charge is 0.282 e. The lowest BCUT2D eigenvalue weighted by molar-refractivity contribution is 0.0976. The molecule has 2 unspecified atom stereocenters. The highest BCUT2D eigenvalue weighted by atomic mass is 32.2. The second kappa shape index (κ2) is 13.0. The van der Waals surface area contributed by atoms with Gasteiger partial charge < -0.3 is 0 Å². The molecule has 0 bridgehead atoms. The second-order valence-electron chi connectivity index (χ2n) is 9.98. The van der Waals surface area contributed by atoms with Gasteiger partial charge in [-0.15, -0.1) is 0 Å². The minimum Gasteiger partial charge on any atom is -0.289 e. The molecule has 0 radical (unpaired) electrons. The van der Waals surface area contributed by atoms with Gasteiger partial charge in [-0.3, -0.25) is 18.7 Å². The van der Waals surface area contributed by atoms with E-state index in [1.165, 1.54) is 19.9 Å². The van der Waals surface area contributed by atoms with Gasteiger partial charge in [-0.05, 0) is 37.1 Å². The number of hydrogen-bond acceptors (Lipinski definition) is 10. The summed E-state index contributed by atoms with van der Waals surface area (Å²) in [6, 6.07) is 6.21. The molecule has 1 aliphatic rings. The number of ketones is 2. The van der Waals surface area contributed by atoms with Crippen molar-refractivity contribution in [3.63, 3.8) is 0 Å². The monoisotopic (exact) mass is 694 g/mol. The van der Waals surface area contributed by atoms with Gasteiger partial charge in [0, 0.05) is 29.8 Å². The van der Waals surface area contributed by atoms with Crippen LogP contribution in [0, 0.1) is 0 Å². The second-order valence-corrected chi connectivity index (χ2v) is 16.9. The van der Waals surface area contributed by atoms with Crippen molar-refractivity contribution in [3.05, 3.63) is 58.7 Å². The van der Waals surface area contributed by atoms with E-state index in [1.807, 2.05) is 0 Å². The standard InChI is InChI=1S/C26H34N2O12S4/c1-5-10-22(43(35,36)37)27(7-3)41(31,32)17-14-15-18-20(16-17)25(29)19-12-9-13-21(24(19)26(18)30)42(33,34)28(8-4)23(11-6-2)44(38,39)40/h9,12-16,22-23H,5-8,10-11H2,1-4H3,(H,35,36,37)(H,38,39,40). The molecule has 0 aliphatic heterocycles. The third-order valence-corrected chi connectivity index (χ3v) is 13.8. The summed E-state index contributed by atoms with van der Waals surface area (Å²) in [6.07, 6.45) is -0.0590. The number of carbonyl (C=O) groups excluding carboxylic acids is 2. The minimum atomic E-state index is -4.89. The fourth-order valence-corrected chi connectivity index (χ4v) is 11.8. The van der Waals surface area contributed by atoms with Crippen LogP contribution in [-0.4, -0.2) is 86.8 Å². The lowest BCUT2D eigenvalue weighted by atomic mass is 9.84. The largest absolute Gasteiger partial charge is 0.289 e. The quantitative estimate of drug-likeness (QED) is 0.233. The van der Waals surface area contributed by atoms with Crippen molar-refractivity contribution in [1.29, 1.82) is 0 Å². The van der Waals surface area contributed by atoms with Crippen LogP contribution in [0.5, 0.6) is 0 Å². The van der Waals surface area contributed by atoms with Crippen LogP contribution in [0.25, 0.3) is 0 Å². The first-order chi connectivity index (χ1) is 20.3. The molecule has 14 nitrogen and oxygen atoms in total. The number of fused-ring (bicyclic) bond motifs is 2. The summed E-state index contributed by atoms with van der Waals surface area (Å²) in [7, 11) is -19.2. The van der Waals surface area contributed by atoms with E-state index in [0.717, 1.165) is 30.3 Å². The first-order valence-electron chi connectivity index (χ1n) is 13.6. The molecule has 0 saturated carbocycles. The van der Waals surface area contributed by atoms with Crippen LogP contribution in [0.2, 0.25) is 0 Å². The number of nitrogens with zero attached hydrogens (tertiary/aromatic N) is 2. The number of rotatable bonds is 14. The number of hydrogen-bond donors (Lipinski definition) is 2. The Balaban J connectivity index is 2.20. The van der Waals surface area contributed by atoms with Crippen LogP contribution in [0.4, 0.5) is 0 Å². The summed E-state index contributed by atoms with van der Waals surface area (Å²) in [5, 5.41) is -3.65. The summed E-state index contributed by atoms with van der Waals surface area (Å²) >= 11 is 0.